The average Bonchev–Trinajstić information content (AvgIpc) is 2.31. The number of hydrogen-bond acceptors (Lipinski definition) is 3. The molecule has 0 saturated heterocycles. The zero-order valence-electron chi connectivity index (χ0n) is 8.65. The lowest BCUT2D eigenvalue weighted by molar-refractivity contribution is 0.154. The molecule has 0 spiro atoms. The van der Waals surface area contributed by atoms with Crippen molar-refractivity contribution < 1.29 is 4.74 Å². The summed E-state index contributed by atoms with van der Waals surface area (Å²) in [4.78, 5) is 3.97. The molecule has 0 aliphatic heterocycles. The molecule has 1 aromatic rings. The lowest BCUT2D eigenvalue weighted by Crippen LogP contribution is -2.19. The normalized spacial score (nSPS) is 17.0. The number of ether oxygens (including phenoxy) is 1. The van der Waals surface area contributed by atoms with Gasteiger partial charge in [-0.15, -0.1) is 0 Å². The minimum atomic E-state index is 0.314. The number of pyridine rings is 1. The highest BCUT2D eigenvalue weighted by atomic mass is 16.5. The van der Waals surface area contributed by atoms with Gasteiger partial charge < -0.3 is 4.74 Å². The Labute approximate surface area is 89.7 Å². The van der Waals surface area contributed by atoms with Crippen LogP contribution in [0.5, 0.6) is 5.75 Å². The number of hydrogen-bond donors (Lipinski definition) is 0. The molecule has 78 valence electrons. The van der Waals surface area contributed by atoms with Crippen molar-refractivity contribution in [1.29, 1.82) is 5.26 Å². The van der Waals surface area contributed by atoms with Crippen LogP contribution in [0.4, 0.5) is 0 Å². The van der Waals surface area contributed by atoms with E-state index in [1.165, 1.54) is 19.3 Å². The maximum Gasteiger partial charge on any atom is 0.139 e. The van der Waals surface area contributed by atoms with Crippen LogP contribution in [0.2, 0.25) is 0 Å². The van der Waals surface area contributed by atoms with E-state index in [-0.39, 0.29) is 0 Å². The fraction of sp³-hybridized carbons (Fsp3) is 0.500. The smallest absolute Gasteiger partial charge is 0.139 e. The van der Waals surface area contributed by atoms with Gasteiger partial charge in [-0.2, -0.15) is 5.26 Å². The molecule has 1 fully saturated rings. The first kappa shape index (κ1) is 9.97. The topological polar surface area (TPSA) is 45.9 Å². The van der Waals surface area contributed by atoms with Crippen molar-refractivity contribution >= 4 is 0 Å². The third kappa shape index (κ3) is 2.69. The highest BCUT2D eigenvalue weighted by molar-refractivity contribution is 5.32. The van der Waals surface area contributed by atoms with Gasteiger partial charge in [0.15, 0.2) is 0 Å². The van der Waals surface area contributed by atoms with Crippen molar-refractivity contribution in [3.63, 3.8) is 0 Å². The van der Waals surface area contributed by atoms with E-state index in [0.717, 1.165) is 18.6 Å². The number of rotatable bonds is 2. The quantitative estimate of drug-likeness (QED) is 0.740. The SMILES string of the molecule is N#Cc1cncc(OC2CCCCC2)c1. The van der Waals surface area contributed by atoms with Crippen LogP contribution in [-0.2, 0) is 0 Å². The Balaban J connectivity index is 2.00. The molecule has 1 heterocycles. The predicted octanol–water partition coefficient (Wildman–Crippen LogP) is 2.66. The summed E-state index contributed by atoms with van der Waals surface area (Å²) in [7, 11) is 0. The summed E-state index contributed by atoms with van der Waals surface area (Å²) in [5.41, 5.74) is 0.559. The van der Waals surface area contributed by atoms with Gasteiger partial charge in [-0.3, -0.25) is 4.98 Å². The molecule has 0 bridgehead atoms. The van der Waals surface area contributed by atoms with E-state index in [2.05, 4.69) is 11.1 Å². The van der Waals surface area contributed by atoms with Crippen molar-refractivity contribution in [3.05, 3.63) is 24.0 Å². The Hall–Kier alpha value is -1.56. The largest absolute Gasteiger partial charge is 0.489 e. The summed E-state index contributed by atoms with van der Waals surface area (Å²) in [6, 6.07) is 3.81. The molecule has 1 saturated carbocycles. The van der Waals surface area contributed by atoms with E-state index < -0.39 is 0 Å². The van der Waals surface area contributed by atoms with Crippen LogP contribution in [0.3, 0.4) is 0 Å². The van der Waals surface area contributed by atoms with E-state index >= 15 is 0 Å². The van der Waals surface area contributed by atoms with Gasteiger partial charge in [0.1, 0.15) is 11.8 Å². The number of nitrogens with zero attached hydrogens (tertiary/aromatic N) is 2. The summed E-state index contributed by atoms with van der Waals surface area (Å²) < 4.78 is 5.78. The van der Waals surface area contributed by atoms with Gasteiger partial charge in [0.25, 0.3) is 0 Å². The minimum absolute atomic E-state index is 0.314. The Kier molecular flexibility index (Phi) is 3.18. The second-order valence-corrected chi connectivity index (χ2v) is 3.90. The average molecular weight is 202 g/mol. The van der Waals surface area contributed by atoms with Gasteiger partial charge in [-0.25, -0.2) is 0 Å². The van der Waals surface area contributed by atoms with Crippen LogP contribution in [0.15, 0.2) is 18.5 Å². The van der Waals surface area contributed by atoms with E-state index in [9.17, 15) is 0 Å². The summed E-state index contributed by atoms with van der Waals surface area (Å²) in [5, 5.41) is 8.72. The zero-order valence-corrected chi connectivity index (χ0v) is 8.65. The maximum atomic E-state index is 8.72. The van der Waals surface area contributed by atoms with Gasteiger partial charge in [0.05, 0.1) is 17.9 Å². The van der Waals surface area contributed by atoms with Gasteiger partial charge in [0.2, 0.25) is 0 Å². The second-order valence-electron chi connectivity index (χ2n) is 3.90. The third-order valence-corrected chi connectivity index (χ3v) is 2.70. The van der Waals surface area contributed by atoms with Crippen LogP contribution in [-0.4, -0.2) is 11.1 Å². The van der Waals surface area contributed by atoms with Crippen LogP contribution in [0, 0.1) is 11.3 Å². The first-order chi connectivity index (χ1) is 7.38. The molecule has 3 heteroatoms. The first-order valence-electron chi connectivity index (χ1n) is 5.40. The third-order valence-electron chi connectivity index (χ3n) is 2.70. The zero-order chi connectivity index (χ0) is 10.5. The Bertz CT molecular complexity index is 364. The molecule has 3 nitrogen and oxygen atoms in total. The highest BCUT2D eigenvalue weighted by Gasteiger charge is 2.14. The monoisotopic (exact) mass is 202 g/mol. The predicted molar refractivity (Wildman–Crippen MR) is 56.5 cm³/mol. The molecule has 15 heavy (non-hydrogen) atoms. The lowest BCUT2D eigenvalue weighted by Gasteiger charge is -2.22. The molecular formula is C12H14N2O. The van der Waals surface area contributed by atoms with E-state index in [0.29, 0.717) is 11.7 Å². The van der Waals surface area contributed by atoms with Crippen molar-refractivity contribution in [2.75, 3.05) is 0 Å². The van der Waals surface area contributed by atoms with Crippen LogP contribution >= 0.6 is 0 Å². The lowest BCUT2D eigenvalue weighted by atomic mass is 9.98. The Morgan fingerprint density at radius 3 is 2.80 bits per heavy atom. The van der Waals surface area contributed by atoms with Crippen molar-refractivity contribution in [3.8, 4) is 11.8 Å². The van der Waals surface area contributed by atoms with E-state index in [1.54, 1.807) is 18.5 Å². The number of aromatic nitrogens is 1. The van der Waals surface area contributed by atoms with Gasteiger partial charge in [-0.05, 0) is 25.7 Å². The minimum Gasteiger partial charge on any atom is -0.489 e. The first-order valence-corrected chi connectivity index (χ1v) is 5.40. The van der Waals surface area contributed by atoms with Crippen molar-refractivity contribution in [2.45, 2.75) is 38.2 Å². The maximum absolute atomic E-state index is 8.72. The molecule has 0 atom stereocenters. The summed E-state index contributed by atoms with van der Waals surface area (Å²) in [6.07, 6.45) is 9.59. The van der Waals surface area contributed by atoms with Crippen LogP contribution in [0.1, 0.15) is 37.7 Å². The standard InChI is InChI=1S/C12H14N2O/c13-7-10-6-12(9-14-8-10)15-11-4-2-1-3-5-11/h6,8-9,11H,1-5H2. The number of nitriles is 1. The molecule has 0 N–H and O–H groups in total. The molecule has 1 aliphatic rings. The van der Waals surface area contributed by atoms with E-state index in [1.807, 2.05) is 0 Å². The molecule has 1 aromatic heterocycles. The van der Waals surface area contributed by atoms with Gasteiger partial charge in [0, 0.05) is 12.3 Å². The van der Waals surface area contributed by atoms with Crippen molar-refractivity contribution in [2.24, 2.45) is 0 Å². The summed E-state index contributed by atoms with van der Waals surface area (Å²) in [5.74, 6) is 0.723. The molecule has 0 aromatic carbocycles. The molecule has 0 amide bonds. The molecular weight excluding hydrogens is 188 g/mol. The van der Waals surface area contributed by atoms with E-state index in [4.69, 9.17) is 10.00 Å². The van der Waals surface area contributed by atoms with Crippen LogP contribution in [0.25, 0.3) is 0 Å². The molecule has 2 rings (SSSR count). The second kappa shape index (κ2) is 4.79. The Morgan fingerprint density at radius 2 is 2.07 bits per heavy atom. The molecule has 1 aliphatic carbocycles. The van der Waals surface area contributed by atoms with Crippen molar-refractivity contribution in [1.82, 2.24) is 4.98 Å². The summed E-state index contributed by atoms with van der Waals surface area (Å²) >= 11 is 0. The highest BCUT2D eigenvalue weighted by Crippen LogP contribution is 2.23. The molecule has 0 radical (unpaired) electrons. The van der Waals surface area contributed by atoms with Crippen LogP contribution < -0.4 is 4.74 Å². The Morgan fingerprint density at radius 1 is 1.27 bits per heavy atom. The summed E-state index contributed by atoms with van der Waals surface area (Å²) in [6.45, 7) is 0. The fourth-order valence-corrected chi connectivity index (χ4v) is 1.92. The fourth-order valence-electron chi connectivity index (χ4n) is 1.92. The van der Waals surface area contributed by atoms with Gasteiger partial charge >= 0.3 is 0 Å². The molecule has 0 unspecified atom stereocenters. The van der Waals surface area contributed by atoms with Gasteiger partial charge in [-0.1, -0.05) is 6.42 Å².